The molecule has 27 heavy (non-hydrogen) atoms. The van der Waals surface area contributed by atoms with Crippen LogP contribution in [0.4, 0.5) is 0 Å². The smallest absolute Gasteiger partial charge is 0.338 e. The molecule has 0 aliphatic rings. The molecule has 0 aliphatic carbocycles. The van der Waals surface area contributed by atoms with E-state index < -0.39 is 0 Å². The van der Waals surface area contributed by atoms with Crippen molar-refractivity contribution in [3.63, 3.8) is 0 Å². The summed E-state index contributed by atoms with van der Waals surface area (Å²) in [5.74, 6) is -0.363. The molecule has 0 saturated heterocycles. The van der Waals surface area contributed by atoms with Gasteiger partial charge in [-0.3, -0.25) is 4.98 Å². The average molecular weight is 380 g/mol. The van der Waals surface area contributed by atoms with Crippen LogP contribution >= 0.6 is 11.3 Å². The summed E-state index contributed by atoms with van der Waals surface area (Å²) in [7, 11) is 1.38. The van der Waals surface area contributed by atoms with Crippen LogP contribution in [0.3, 0.4) is 0 Å². The van der Waals surface area contributed by atoms with Crippen molar-refractivity contribution in [1.29, 1.82) is 0 Å². The number of nitrogens with zero attached hydrogens (tertiary/aromatic N) is 2. The molecule has 1 aromatic carbocycles. The van der Waals surface area contributed by atoms with E-state index in [1.54, 1.807) is 23.6 Å². The fourth-order valence-electron chi connectivity index (χ4n) is 2.73. The van der Waals surface area contributed by atoms with Crippen molar-refractivity contribution in [1.82, 2.24) is 4.98 Å². The third-order valence-electron chi connectivity index (χ3n) is 4.08. The molecule has 0 spiro atoms. The van der Waals surface area contributed by atoms with E-state index in [0.29, 0.717) is 11.3 Å². The number of hydrogen-bond acceptors (Lipinski definition) is 6. The van der Waals surface area contributed by atoms with Gasteiger partial charge in [-0.25, -0.2) is 4.79 Å². The first-order chi connectivity index (χ1) is 13.2. The van der Waals surface area contributed by atoms with Crippen LogP contribution in [-0.4, -0.2) is 23.8 Å². The Kier molecular flexibility index (Phi) is 5.98. The van der Waals surface area contributed by atoms with Crippen molar-refractivity contribution < 1.29 is 14.4 Å². The van der Waals surface area contributed by atoms with Crippen molar-refractivity contribution in [2.24, 2.45) is 5.16 Å². The first kappa shape index (κ1) is 18.8. The molecule has 3 aromatic rings. The van der Waals surface area contributed by atoms with E-state index in [9.17, 15) is 4.79 Å². The van der Waals surface area contributed by atoms with E-state index in [4.69, 9.17) is 9.57 Å². The molecule has 5 nitrogen and oxygen atoms in total. The van der Waals surface area contributed by atoms with Crippen LogP contribution in [0.15, 0.2) is 59.9 Å². The highest BCUT2D eigenvalue weighted by atomic mass is 32.1. The second-order valence-electron chi connectivity index (χ2n) is 5.76. The molecule has 0 amide bonds. The van der Waals surface area contributed by atoms with Gasteiger partial charge in [0.25, 0.3) is 0 Å². The van der Waals surface area contributed by atoms with E-state index in [2.05, 4.69) is 10.1 Å². The summed E-state index contributed by atoms with van der Waals surface area (Å²) < 4.78 is 6.02. The number of oxime groups is 1. The number of methoxy groups -OCH3 is 1. The molecule has 0 bridgehead atoms. The quantitative estimate of drug-likeness (QED) is 0.266. The lowest BCUT2D eigenvalue weighted by Crippen LogP contribution is -2.05. The summed E-state index contributed by atoms with van der Waals surface area (Å²) in [5.41, 5.74) is 2.90. The Morgan fingerprint density at radius 1 is 1.22 bits per heavy atom. The number of hydrogen-bond donors (Lipinski definition) is 0. The van der Waals surface area contributed by atoms with E-state index in [-0.39, 0.29) is 12.6 Å². The van der Waals surface area contributed by atoms with Gasteiger partial charge in [-0.05, 0) is 37.4 Å². The van der Waals surface area contributed by atoms with E-state index in [1.807, 2.05) is 56.3 Å². The standard InChI is InChI=1S/C21H20N2O3S/c1-4-15(21(24)25-3)20-17(16-9-5-6-11-19(16)27-20)13-26-23-14(2)18-10-7-8-12-22-18/h4-12H,13H2,1-3H3. The van der Waals surface area contributed by atoms with Gasteiger partial charge in [0.05, 0.1) is 18.4 Å². The Hall–Kier alpha value is -2.99. The van der Waals surface area contributed by atoms with Gasteiger partial charge in [-0.15, -0.1) is 11.3 Å². The number of carbonyl (C=O) groups is 1. The minimum Gasteiger partial charge on any atom is -0.465 e. The summed E-state index contributed by atoms with van der Waals surface area (Å²) in [6, 6.07) is 13.6. The number of rotatable bonds is 6. The van der Waals surface area contributed by atoms with E-state index >= 15 is 0 Å². The fraction of sp³-hybridized carbons (Fsp3) is 0.190. The summed E-state index contributed by atoms with van der Waals surface area (Å²) in [6.45, 7) is 3.92. The van der Waals surface area contributed by atoms with Crippen molar-refractivity contribution in [2.45, 2.75) is 20.5 Å². The molecular formula is C21H20N2O3S. The summed E-state index contributed by atoms with van der Waals surface area (Å²) >= 11 is 1.55. The molecule has 0 unspecified atom stereocenters. The van der Waals surface area contributed by atoms with Crippen LogP contribution in [0.1, 0.15) is 30.0 Å². The summed E-state index contributed by atoms with van der Waals surface area (Å²) in [6.07, 6.45) is 3.48. The third kappa shape index (κ3) is 4.06. The lowest BCUT2D eigenvalue weighted by molar-refractivity contribution is -0.133. The van der Waals surface area contributed by atoms with Crippen LogP contribution in [-0.2, 0) is 21.0 Å². The van der Waals surface area contributed by atoms with Crippen molar-refractivity contribution in [2.75, 3.05) is 7.11 Å². The number of thiophene rings is 1. The number of carbonyl (C=O) groups excluding carboxylic acids is 1. The molecule has 138 valence electrons. The predicted molar refractivity (Wildman–Crippen MR) is 109 cm³/mol. The van der Waals surface area contributed by atoms with Crippen LogP contribution in [0.2, 0.25) is 0 Å². The molecule has 2 aromatic heterocycles. The van der Waals surface area contributed by atoms with E-state index in [1.165, 1.54) is 7.11 Å². The monoisotopic (exact) mass is 380 g/mol. The molecule has 3 rings (SSSR count). The number of fused-ring (bicyclic) bond motifs is 1. The van der Waals surface area contributed by atoms with Gasteiger partial charge >= 0.3 is 5.97 Å². The topological polar surface area (TPSA) is 60.8 Å². The number of esters is 1. The molecule has 0 N–H and O–H groups in total. The minimum absolute atomic E-state index is 0.248. The van der Waals surface area contributed by atoms with Gasteiger partial charge < -0.3 is 9.57 Å². The Balaban J connectivity index is 1.93. The zero-order chi connectivity index (χ0) is 19.2. The molecule has 0 fully saturated rings. The van der Waals surface area contributed by atoms with Crippen molar-refractivity contribution in [3.05, 3.63) is 70.9 Å². The predicted octanol–water partition coefficient (Wildman–Crippen LogP) is 4.81. The van der Waals surface area contributed by atoms with Crippen molar-refractivity contribution >= 4 is 38.7 Å². The Bertz CT molecular complexity index is 1010. The number of ether oxygens (including phenoxy) is 1. The van der Waals surface area contributed by atoms with Gasteiger partial charge in [0.1, 0.15) is 12.3 Å². The SMILES string of the molecule is CC=C(C(=O)OC)c1sc2ccccc2c1CON=C(C)c1ccccn1. The fourth-order valence-corrected chi connectivity index (χ4v) is 4.00. The number of pyridine rings is 1. The molecule has 0 aliphatic heterocycles. The van der Waals surface area contributed by atoms with Crippen LogP contribution in [0, 0.1) is 0 Å². The molecular weight excluding hydrogens is 360 g/mol. The highest BCUT2D eigenvalue weighted by Crippen LogP contribution is 2.36. The lowest BCUT2D eigenvalue weighted by atomic mass is 10.1. The van der Waals surface area contributed by atoms with Gasteiger partial charge in [0, 0.05) is 21.3 Å². The number of allylic oxidation sites excluding steroid dienone is 1. The van der Waals surface area contributed by atoms with E-state index in [0.717, 1.165) is 26.2 Å². The highest BCUT2D eigenvalue weighted by Gasteiger charge is 2.21. The van der Waals surface area contributed by atoms with Gasteiger partial charge in [0.15, 0.2) is 0 Å². The lowest BCUT2D eigenvalue weighted by Gasteiger charge is -2.07. The largest absolute Gasteiger partial charge is 0.465 e. The Labute approximate surface area is 161 Å². The molecule has 6 heteroatoms. The number of aromatic nitrogens is 1. The summed E-state index contributed by atoms with van der Waals surface area (Å²) in [5, 5.41) is 5.24. The number of benzene rings is 1. The first-order valence-corrected chi connectivity index (χ1v) is 9.30. The molecule has 0 atom stereocenters. The molecule has 0 saturated carbocycles. The van der Waals surface area contributed by atoms with Crippen molar-refractivity contribution in [3.8, 4) is 0 Å². The maximum absolute atomic E-state index is 12.2. The van der Waals surface area contributed by atoms with Gasteiger partial charge in [-0.2, -0.15) is 0 Å². The van der Waals surface area contributed by atoms with Crippen LogP contribution < -0.4 is 0 Å². The zero-order valence-electron chi connectivity index (χ0n) is 15.4. The maximum atomic E-state index is 12.2. The Morgan fingerprint density at radius 3 is 2.70 bits per heavy atom. The Morgan fingerprint density at radius 2 is 2.00 bits per heavy atom. The molecule has 2 heterocycles. The second-order valence-corrected chi connectivity index (χ2v) is 6.82. The van der Waals surface area contributed by atoms with Gasteiger partial charge in [0.2, 0.25) is 0 Å². The van der Waals surface area contributed by atoms with Gasteiger partial charge in [-0.1, -0.05) is 35.5 Å². The maximum Gasteiger partial charge on any atom is 0.338 e. The average Bonchev–Trinajstić information content (AvgIpc) is 3.07. The highest BCUT2D eigenvalue weighted by molar-refractivity contribution is 7.20. The third-order valence-corrected chi connectivity index (χ3v) is 5.33. The second kappa shape index (κ2) is 8.60. The first-order valence-electron chi connectivity index (χ1n) is 8.49. The van der Waals surface area contributed by atoms with Crippen LogP contribution in [0.5, 0.6) is 0 Å². The zero-order valence-corrected chi connectivity index (χ0v) is 16.2. The molecule has 0 radical (unpaired) electrons. The summed E-state index contributed by atoms with van der Waals surface area (Å²) in [4.78, 5) is 22.9. The van der Waals surface area contributed by atoms with Crippen LogP contribution in [0.25, 0.3) is 15.7 Å². The normalized spacial score (nSPS) is 12.3. The minimum atomic E-state index is -0.363.